The van der Waals surface area contributed by atoms with E-state index < -0.39 is 0 Å². The summed E-state index contributed by atoms with van der Waals surface area (Å²) in [7, 11) is 3.52. The molecule has 0 unspecified atom stereocenters. The summed E-state index contributed by atoms with van der Waals surface area (Å²) in [5, 5.41) is 3.10. The normalized spacial score (nSPS) is 11.4. The molecule has 0 spiro atoms. The van der Waals surface area contributed by atoms with Gasteiger partial charge in [-0.2, -0.15) is 0 Å². The van der Waals surface area contributed by atoms with Gasteiger partial charge in [-0.1, -0.05) is 30.3 Å². The van der Waals surface area contributed by atoms with Gasteiger partial charge in [-0.25, -0.2) is 4.39 Å². The van der Waals surface area contributed by atoms with Crippen LogP contribution in [0.4, 0.5) is 15.8 Å². The maximum atomic E-state index is 13.7. The van der Waals surface area contributed by atoms with Gasteiger partial charge in [0.2, 0.25) is 0 Å². The second kappa shape index (κ2) is 9.64. The molecule has 2 aromatic rings. The fourth-order valence-electron chi connectivity index (χ4n) is 2.49. The Morgan fingerprint density at radius 1 is 1.20 bits per heavy atom. The highest BCUT2D eigenvalue weighted by atomic mass is 19.1. The van der Waals surface area contributed by atoms with Crippen LogP contribution in [0.25, 0.3) is 0 Å². The SMILES string of the molecule is COCc1ccccc1NC(N)=NCCCN(C)c1ccccc1F. The van der Waals surface area contributed by atoms with E-state index in [1.807, 2.05) is 42.3 Å². The van der Waals surface area contributed by atoms with E-state index in [4.69, 9.17) is 10.5 Å². The molecule has 0 amide bonds. The van der Waals surface area contributed by atoms with E-state index in [0.29, 0.717) is 31.3 Å². The first kappa shape index (κ1) is 18.7. The number of guanidine groups is 1. The molecule has 0 aromatic heterocycles. The van der Waals surface area contributed by atoms with Crippen LogP contribution in [-0.2, 0) is 11.3 Å². The van der Waals surface area contributed by atoms with E-state index in [0.717, 1.165) is 17.7 Å². The van der Waals surface area contributed by atoms with Crippen LogP contribution in [0.2, 0.25) is 0 Å². The number of hydrogen-bond donors (Lipinski definition) is 2. The Bertz CT molecular complexity index is 705. The van der Waals surface area contributed by atoms with E-state index in [2.05, 4.69) is 10.3 Å². The lowest BCUT2D eigenvalue weighted by molar-refractivity contribution is 0.185. The molecule has 0 radical (unpaired) electrons. The predicted octanol–water partition coefficient (Wildman–Crippen LogP) is 3.23. The second-order valence-electron chi connectivity index (χ2n) is 5.71. The van der Waals surface area contributed by atoms with Crippen LogP contribution in [0, 0.1) is 5.82 Å². The molecule has 0 aliphatic rings. The zero-order chi connectivity index (χ0) is 18.1. The van der Waals surface area contributed by atoms with E-state index >= 15 is 0 Å². The minimum Gasteiger partial charge on any atom is -0.380 e. The highest BCUT2D eigenvalue weighted by molar-refractivity contribution is 5.92. The van der Waals surface area contributed by atoms with Crippen LogP contribution in [-0.4, -0.2) is 33.2 Å². The fourth-order valence-corrected chi connectivity index (χ4v) is 2.49. The highest BCUT2D eigenvalue weighted by Crippen LogP contribution is 2.17. The summed E-state index contributed by atoms with van der Waals surface area (Å²) >= 11 is 0. The summed E-state index contributed by atoms with van der Waals surface area (Å²) in [6.07, 6.45) is 0.771. The number of methoxy groups -OCH3 is 1. The zero-order valence-corrected chi connectivity index (χ0v) is 14.7. The van der Waals surface area contributed by atoms with E-state index in [-0.39, 0.29) is 5.82 Å². The van der Waals surface area contributed by atoms with Crippen LogP contribution < -0.4 is 16.0 Å². The minimum atomic E-state index is -0.218. The van der Waals surface area contributed by atoms with Crippen LogP contribution >= 0.6 is 0 Å². The number of hydrogen-bond acceptors (Lipinski definition) is 3. The van der Waals surface area contributed by atoms with Gasteiger partial charge in [-0.3, -0.25) is 4.99 Å². The molecule has 2 aromatic carbocycles. The first-order valence-corrected chi connectivity index (χ1v) is 8.21. The Morgan fingerprint density at radius 3 is 2.68 bits per heavy atom. The average Bonchev–Trinajstić information content (AvgIpc) is 2.61. The van der Waals surface area contributed by atoms with Gasteiger partial charge in [0, 0.05) is 38.5 Å². The molecule has 0 atom stereocenters. The molecule has 0 fully saturated rings. The lowest BCUT2D eigenvalue weighted by atomic mass is 10.2. The number of rotatable bonds is 8. The van der Waals surface area contributed by atoms with Crippen LogP contribution in [0.1, 0.15) is 12.0 Å². The third-order valence-electron chi connectivity index (χ3n) is 3.78. The first-order chi connectivity index (χ1) is 12.1. The summed E-state index contributed by atoms with van der Waals surface area (Å²) < 4.78 is 18.9. The third kappa shape index (κ3) is 5.76. The summed E-state index contributed by atoms with van der Waals surface area (Å²) in [5.74, 6) is 0.140. The second-order valence-corrected chi connectivity index (χ2v) is 5.71. The molecule has 2 rings (SSSR count). The van der Waals surface area contributed by atoms with Gasteiger partial charge in [0.1, 0.15) is 5.82 Å². The summed E-state index contributed by atoms with van der Waals surface area (Å²) in [6, 6.07) is 14.5. The molecule has 0 saturated carbocycles. The van der Waals surface area contributed by atoms with Crippen molar-refractivity contribution >= 4 is 17.3 Å². The number of nitrogens with two attached hydrogens (primary N) is 1. The molecule has 0 aliphatic heterocycles. The topological polar surface area (TPSA) is 62.9 Å². The molecule has 3 N–H and O–H groups in total. The number of benzene rings is 2. The summed E-state index contributed by atoms with van der Waals surface area (Å²) in [5.41, 5.74) is 8.44. The molecule has 25 heavy (non-hydrogen) atoms. The number of nitrogens with zero attached hydrogens (tertiary/aromatic N) is 2. The summed E-state index contributed by atoms with van der Waals surface area (Å²) in [6.45, 7) is 1.76. The van der Waals surface area contributed by atoms with E-state index in [1.54, 1.807) is 19.2 Å². The van der Waals surface area contributed by atoms with Crippen molar-refractivity contribution in [3.05, 3.63) is 59.9 Å². The van der Waals surface area contributed by atoms with Crippen molar-refractivity contribution in [3.63, 3.8) is 0 Å². The molecule has 0 bridgehead atoms. The molecule has 0 aliphatic carbocycles. The number of ether oxygens (including phenoxy) is 1. The smallest absolute Gasteiger partial charge is 0.193 e. The largest absolute Gasteiger partial charge is 0.380 e. The Hall–Kier alpha value is -2.60. The highest BCUT2D eigenvalue weighted by Gasteiger charge is 2.06. The van der Waals surface area contributed by atoms with Gasteiger partial charge in [-0.15, -0.1) is 0 Å². The minimum absolute atomic E-state index is 0.218. The Labute approximate surface area is 148 Å². The molecular weight excluding hydrogens is 319 g/mol. The van der Waals surface area contributed by atoms with Crippen molar-refractivity contribution in [1.82, 2.24) is 0 Å². The maximum Gasteiger partial charge on any atom is 0.193 e. The van der Waals surface area contributed by atoms with Crippen LogP contribution in [0.15, 0.2) is 53.5 Å². The van der Waals surface area contributed by atoms with E-state index in [9.17, 15) is 4.39 Å². The predicted molar refractivity (Wildman–Crippen MR) is 102 cm³/mol. The number of halogens is 1. The van der Waals surface area contributed by atoms with Gasteiger partial charge < -0.3 is 20.7 Å². The van der Waals surface area contributed by atoms with Crippen molar-refractivity contribution in [1.29, 1.82) is 0 Å². The van der Waals surface area contributed by atoms with Gasteiger partial charge in [0.25, 0.3) is 0 Å². The Morgan fingerprint density at radius 2 is 1.92 bits per heavy atom. The maximum absolute atomic E-state index is 13.7. The summed E-state index contributed by atoms with van der Waals surface area (Å²) in [4.78, 5) is 6.21. The quantitative estimate of drug-likeness (QED) is 0.438. The van der Waals surface area contributed by atoms with Gasteiger partial charge >= 0.3 is 0 Å². The molecule has 6 heteroatoms. The van der Waals surface area contributed by atoms with E-state index in [1.165, 1.54) is 6.07 Å². The van der Waals surface area contributed by atoms with Crippen LogP contribution in [0.3, 0.4) is 0 Å². The molecule has 5 nitrogen and oxygen atoms in total. The van der Waals surface area contributed by atoms with Crippen molar-refractivity contribution in [2.45, 2.75) is 13.0 Å². The average molecular weight is 344 g/mol. The standard InChI is InChI=1S/C19H25FN4O/c1-24(18-11-6-4-9-16(18)20)13-7-12-22-19(21)23-17-10-5-3-8-15(17)14-25-2/h3-6,8-11H,7,12-14H2,1-2H3,(H3,21,22,23). The van der Waals surface area contributed by atoms with Gasteiger partial charge in [0.15, 0.2) is 5.96 Å². The number of para-hydroxylation sites is 2. The molecule has 0 heterocycles. The first-order valence-electron chi connectivity index (χ1n) is 8.21. The van der Waals surface area contributed by atoms with Crippen molar-refractivity contribution in [2.75, 3.05) is 37.5 Å². The van der Waals surface area contributed by atoms with Gasteiger partial charge in [0.05, 0.1) is 12.3 Å². The number of aliphatic imine (C=N–C) groups is 1. The van der Waals surface area contributed by atoms with Crippen molar-refractivity contribution in [3.8, 4) is 0 Å². The number of nitrogens with one attached hydrogen (secondary N) is 1. The Balaban J connectivity index is 1.83. The molecular formula is C19H25FN4O. The van der Waals surface area contributed by atoms with Crippen LogP contribution in [0.5, 0.6) is 0 Å². The lowest BCUT2D eigenvalue weighted by Gasteiger charge is -2.19. The van der Waals surface area contributed by atoms with Gasteiger partial charge in [-0.05, 0) is 24.6 Å². The Kier molecular flexibility index (Phi) is 7.22. The lowest BCUT2D eigenvalue weighted by Crippen LogP contribution is -2.24. The third-order valence-corrected chi connectivity index (χ3v) is 3.78. The number of anilines is 2. The monoisotopic (exact) mass is 344 g/mol. The fraction of sp³-hybridized carbons (Fsp3) is 0.316. The molecule has 0 saturated heterocycles. The van der Waals surface area contributed by atoms with Crippen molar-refractivity contribution < 1.29 is 9.13 Å². The molecule has 134 valence electrons. The zero-order valence-electron chi connectivity index (χ0n) is 14.7. The van der Waals surface area contributed by atoms with Crippen molar-refractivity contribution in [2.24, 2.45) is 10.7 Å².